The number of imidazole rings is 1. The molecule has 0 spiro atoms. The molecule has 0 amide bonds. The molecule has 3 rings (SSSR count). The van der Waals surface area contributed by atoms with Crippen molar-refractivity contribution in [2.45, 2.75) is 0 Å². The zero-order valence-electron chi connectivity index (χ0n) is 9.27. The lowest BCUT2D eigenvalue weighted by molar-refractivity contribution is 1.09. The Morgan fingerprint density at radius 1 is 1.17 bits per heavy atom. The summed E-state index contributed by atoms with van der Waals surface area (Å²) < 4.78 is 2.86. The van der Waals surface area contributed by atoms with Gasteiger partial charge in [-0.2, -0.15) is 0 Å². The highest BCUT2D eigenvalue weighted by molar-refractivity contribution is 9.10. The number of anilines is 1. The molecular formula is C13H9BrClN3. The minimum absolute atomic E-state index is 0.671. The predicted octanol–water partition coefficient (Wildman–Crippen LogP) is 4.02. The summed E-state index contributed by atoms with van der Waals surface area (Å²) in [5.41, 5.74) is 9.29. The van der Waals surface area contributed by atoms with Crippen molar-refractivity contribution in [2.75, 3.05) is 5.73 Å². The summed E-state index contributed by atoms with van der Waals surface area (Å²) in [6, 6.07) is 11.5. The quantitative estimate of drug-likeness (QED) is 0.688. The first kappa shape index (κ1) is 11.6. The monoisotopic (exact) mass is 321 g/mol. The Hall–Kier alpha value is -1.52. The van der Waals surface area contributed by atoms with E-state index >= 15 is 0 Å². The lowest BCUT2D eigenvalue weighted by Crippen LogP contribution is -1.92. The van der Waals surface area contributed by atoms with E-state index in [1.54, 1.807) is 6.33 Å². The highest BCUT2D eigenvalue weighted by atomic mass is 79.9. The van der Waals surface area contributed by atoms with E-state index < -0.39 is 0 Å². The normalized spacial score (nSPS) is 11.0. The van der Waals surface area contributed by atoms with Crippen molar-refractivity contribution in [2.24, 2.45) is 0 Å². The number of hydrogen-bond donors (Lipinski definition) is 1. The lowest BCUT2D eigenvalue weighted by Gasteiger charge is -2.06. The van der Waals surface area contributed by atoms with Crippen LogP contribution in [0, 0.1) is 0 Å². The second-order valence-electron chi connectivity index (χ2n) is 3.96. The molecule has 0 unspecified atom stereocenters. The molecule has 0 aliphatic heterocycles. The van der Waals surface area contributed by atoms with E-state index in [2.05, 4.69) is 20.9 Å². The maximum atomic E-state index is 6.11. The van der Waals surface area contributed by atoms with Crippen LogP contribution in [0.25, 0.3) is 16.7 Å². The molecule has 0 saturated carbocycles. The Bertz CT molecular complexity index is 736. The molecule has 0 aliphatic carbocycles. The fraction of sp³-hybridized carbons (Fsp3) is 0. The van der Waals surface area contributed by atoms with Crippen LogP contribution >= 0.6 is 27.5 Å². The van der Waals surface area contributed by atoms with E-state index in [1.807, 2.05) is 41.0 Å². The van der Waals surface area contributed by atoms with E-state index in [9.17, 15) is 0 Å². The van der Waals surface area contributed by atoms with Crippen LogP contribution in [0.2, 0.25) is 5.02 Å². The Morgan fingerprint density at radius 2 is 2.00 bits per heavy atom. The van der Waals surface area contributed by atoms with Gasteiger partial charge in [0.25, 0.3) is 0 Å². The van der Waals surface area contributed by atoms with Crippen LogP contribution in [0.15, 0.2) is 47.2 Å². The molecule has 0 radical (unpaired) electrons. The molecule has 2 N–H and O–H groups in total. The number of nitrogens with zero attached hydrogens (tertiary/aromatic N) is 2. The lowest BCUT2D eigenvalue weighted by atomic mass is 10.2. The van der Waals surface area contributed by atoms with E-state index in [4.69, 9.17) is 17.3 Å². The van der Waals surface area contributed by atoms with Gasteiger partial charge >= 0.3 is 0 Å². The molecule has 2 aromatic carbocycles. The number of fused-ring (bicyclic) bond motifs is 1. The van der Waals surface area contributed by atoms with Crippen molar-refractivity contribution in [3.05, 3.63) is 52.2 Å². The molecule has 0 aliphatic rings. The third kappa shape index (κ3) is 1.87. The molecule has 0 fully saturated rings. The average Bonchev–Trinajstić information content (AvgIpc) is 2.75. The van der Waals surface area contributed by atoms with E-state index in [0.29, 0.717) is 10.7 Å². The van der Waals surface area contributed by atoms with Crippen molar-refractivity contribution in [3.8, 4) is 5.69 Å². The molecule has 3 nitrogen and oxygen atoms in total. The van der Waals surface area contributed by atoms with Crippen molar-refractivity contribution in [1.82, 2.24) is 9.55 Å². The molecule has 5 heteroatoms. The van der Waals surface area contributed by atoms with Crippen LogP contribution < -0.4 is 5.73 Å². The van der Waals surface area contributed by atoms with Crippen LogP contribution in [0.3, 0.4) is 0 Å². The second kappa shape index (κ2) is 4.30. The summed E-state index contributed by atoms with van der Waals surface area (Å²) in [4.78, 5) is 4.34. The molecular weight excluding hydrogens is 314 g/mol. The van der Waals surface area contributed by atoms with E-state index in [-0.39, 0.29) is 0 Å². The van der Waals surface area contributed by atoms with E-state index in [1.165, 1.54) is 0 Å². The number of nitrogens with two attached hydrogens (primary N) is 1. The zero-order valence-corrected chi connectivity index (χ0v) is 11.6. The summed E-state index contributed by atoms with van der Waals surface area (Å²) in [5, 5.41) is 0.671. The third-order valence-corrected chi connectivity index (χ3v) is 3.99. The third-order valence-electron chi connectivity index (χ3n) is 2.75. The van der Waals surface area contributed by atoms with Gasteiger partial charge in [0.05, 0.1) is 16.1 Å². The van der Waals surface area contributed by atoms with Crippen molar-refractivity contribution in [1.29, 1.82) is 0 Å². The van der Waals surface area contributed by atoms with Gasteiger partial charge in [-0.3, -0.25) is 4.57 Å². The van der Waals surface area contributed by atoms with Crippen molar-refractivity contribution < 1.29 is 0 Å². The van der Waals surface area contributed by atoms with Crippen LogP contribution in [0.4, 0.5) is 5.69 Å². The van der Waals surface area contributed by atoms with Crippen LogP contribution in [-0.4, -0.2) is 9.55 Å². The number of aromatic nitrogens is 2. The number of halogens is 2. The Labute approximate surface area is 117 Å². The number of hydrogen-bond acceptors (Lipinski definition) is 2. The Kier molecular flexibility index (Phi) is 2.76. The molecule has 0 atom stereocenters. The van der Waals surface area contributed by atoms with Crippen LogP contribution in [-0.2, 0) is 0 Å². The highest BCUT2D eigenvalue weighted by Crippen LogP contribution is 2.27. The van der Waals surface area contributed by atoms with Crippen molar-refractivity contribution >= 4 is 44.3 Å². The first-order valence-electron chi connectivity index (χ1n) is 5.33. The molecule has 1 aromatic heterocycles. The first-order valence-corrected chi connectivity index (χ1v) is 6.50. The molecule has 0 saturated heterocycles. The maximum Gasteiger partial charge on any atom is 0.100 e. The van der Waals surface area contributed by atoms with Gasteiger partial charge in [-0.05, 0) is 52.3 Å². The smallest absolute Gasteiger partial charge is 0.100 e. The summed E-state index contributed by atoms with van der Waals surface area (Å²) in [7, 11) is 0. The SMILES string of the molecule is Nc1ccc2c(c1)ncn2-c1ccc(Br)c(Cl)c1. The molecule has 90 valence electrons. The minimum Gasteiger partial charge on any atom is -0.399 e. The number of rotatable bonds is 1. The van der Waals surface area contributed by atoms with Crippen LogP contribution in [0.5, 0.6) is 0 Å². The standard InChI is InChI=1S/C13H9BrClN3/c14-10-3-2-9(6-11(10)15)18-7-17-12-5-8(16)1-4-13(12)18/h1-7H,16H2. The van der Waals surface area contributed by atoms with Gasteiger partial charge in [-0.15, -0.1) is 0 Å². The summed E-state index contributed by atoms with van der Waals surface area (Å²) in [6.45, 7) is 0. The van der Waals surface area contributed by atoms with Gasteiger partial charge in [0.1, 0.15) is 6.33 Å². The van der Waals surface area contributed by atoms with Crippen molar-refractivity contribution in [3.63, 3.8) is 0 Å². The summed E-state index contributed by atoms with van der Waals surface area (Å²) in [6.07, 6.45) is 1.77. The second-order valence-corrected chi connectivity index (χ2v) is 5.22. The van der Waals surface area contributed by atoms with Gasteiger partial charge in [0, 0.05) is 15.8 Å². The maximum absolute atomic E-state index is 6.11. The Morgan fingerprint density at radius 3 is 2.78 bits per heavy atom. The Balaban J connectivity index is 2.22. The molecule has 3 aromatic rings. The van der Waals surface area contributed by atoms with Gasteiger partial charge < -0.3 is 5.73 Å². The number of benzene rings is 2. The fourth-order valence-electron chi connectivity index (χ4n) is 1.87. The van der Waals surface area contributed by atoms with Crippen LogP contribution in [0.1, 0.15) is 0 Å². The molecule has 0 bridgehead atoms. The van der Waals surface area contributed by atoms with E-state index in [0.717, 1.165) is 21.2 Å². The number of nitrogen functional groups attached to an aromatic ring is 1. The van der Waals surface area contributed by atoms with Gasteiger partial charge in [0.2, 0.25) is 0 Å². The first-order chi connectivity index (χ1) is 8.65. The summed E-state index contributed by atoms with van der Waals surface area (Å²) >= 11 is 9.49. The minimum atomic E-state index is 0.671. The largest absolute Gasteiger partial charge is 0.399 e. The van der Waals surface area contributed by atoms with Gasteiger partial charge in [0.15, 0.2) is 0 Å². The average molecular weight is 323 g/mol. The zero-order chi connectivity index (χ0) is 12.7. The molecule has 1 heterocycles. The topological polar surface area (TPSA) is 43.8 Å². The molecule has 18 heavy (non-hydrogen) atoms. The predicted molar refractivity (Wildman–Crippen MR) is 78.2 cm³/mol. The highest BCUT2D eigenvalue weighted by Gasteiger charge is 2.06. The van der Waals surface area contributed by atoms with Gasteiger partial charge in [-0.25, -0.2) is 4.98 Å². The summed E-state index contributed by atoms with van der Waals surface area (Å²) in [5.74, 6) is 0. The van der Waals surface area contributed by atoms with Gasteiger partial charge in [-0.1, -0.05) is 11.6 Å². The fourth-order valence-corrected chi connectivity index (χ4v) is 2.29.